The highest BCUT2D eigenvalue weighted by molar-refractivity contribution is 5.77. The summed E-state index contributed by atoms with van der Waals surface area (Å²) in [7, 11) is 0. The Hall–Kier alpha value is -1.71. The highest BCUT2D eigenvalue weighted by Crippen LogP contribution is 2.24. The van der Waals surface area contributed by atoms with E-state index in [-0.39, 0.29) is 18.6 Å². The number of nitrogen functional groups attached to an aromatic ring is 1. The zero-order valence-electron chi connectivity index (χ0n) is 11.5. The number of carbonyl (C=O) groups excluding carboxylic acids is 1. The minimum atomic E-state index is -0.0989. The van der Waals surface area contributed by atoms with Gasteiger partial charge in [-0.05, 0) is 50.5 Å². The van der Waals surface area contributed by atoms with Crippen molar-refractivity contribution in [2.45, 2.75) is 40.2 Å². The van der Waals surface area contributed by atoms with Crippen molar-refractivity contribution in [1.29, 1.82) is 0 Å². The molecule has 0 heterocycles. The number of aryl methyl sites for hydroxylation is 2. The van der Waals surface area contributed by atoms with Gasteiger partial charge in [-0.1, -0.05) is 6.92 Å². The Kier molecular flexibility index (Phi) is 5.01. The highest BCUT2D eigenvalue weighted by atomic mass is 16.5. The Labute approximate surface area is 109 Å². The van der Waals surface area contributed by atoms with Crippen molar-refractivity contribution in [3.05, 3.63) is 23.3 Å². The van der Waals surface area contributed by atoms with Gasteiger partial charge in [-0.2, -0.15) is 0 Å². The van der Waals surface area contributed by atoms with Crippen molar-refractivity contribution in [3.8, 4) is 5.75 Å². The number of nitrogens with two attached hydrogens (primary N) is 1. The third kappa shape index (κ3) is 3.95. The molecule has 18 heavy (non-hydrogen) atoms. The van der Waals surface area contributed by atoms with E-state index in [0.717, 1.165) is 23.2 Å². The predicted octanol–water partition coefficient (Wildman–Crippen LogP) is 2.18. The van der Waals surface area contributed by atoms with Crippen molar-refractivity contribution < 1.29 is 9.53 Å². The minimum Gasteiger partial charge on any atom is -0.483 e. The average molecular weight is 250 g/mol. The third-order valence-corrected chi connectivity index (χ3v) is 2.94. The van der Waals surface area contributed by atoms with Gasteiger partial charge in [0.1, 0.15) is 5.75 Å². The van der Waals surface area contributed by atoms with E-state index in [1.165, 1.54) is 0 Å². The summed E-state index contributed by atoms with van der Waals surface area (Å²) in [5.74, 6) is 0.610. The molecule has 0 bridgehead atoms. The summed E-state index contributed by atoms with van der Waals surface area (Å²) in [4.78, 5) is 11.6. The summed E-state index contributed by atoms with van der Waals surface area (Å²) in [6.07, 6.45) is 0.908. The summed E-state index contributed by atoms with van der Waals surface area (Å²) < 4.78 is 5.51. The second kappa shape index (κ2) is 6.28. The molecule has 3 N–H and O–H groups in total. The molecular formula is C14H22N2O2. The largest absolute Gasteiger partial charge is 0.483 e. The molecule has 0 radical (unpaired) electrons. The topological polar surface area (TPSA) is 64.3 Å². The maximum atomic E-state index is 11.6. The van der Waals surface area contributed by atoms with Crippen molar-refractivity contribution in [3.63, 3.8) is 0 Å². The second-order valence-corrected chi connectivity index (χ2v) is 4.64. The number of hydrogen-bond donors (Lipinski definition) is 2. The van der Waals surface area contributed by atoms with Gasteiger partial charge in [0.25, 0.3) is 5.91 Å². The fourth-order valence-electron chi connectivity index (χ4n) is 1.53. The van der Waals surface area contributed by atoms with Crippen molar-refractivity contribution in [2.24, 2.45) is 0 Å². The summed E-state index contributed by atoms with van der Waals surface area (Å²) in [5, 5.41) is 2.86. The summed E-state index contributed by atoms with van der Waals surface area (Å²) in [6.45, 7) is 7.86. The van der Waals surface area contributed by atoms with Crippen LogP contribution in [-0.4, -0.2) is 18.6 Å². The van der Waals surface area contributed by atoms with E-state index < -0.39 is 0 Å². The van der Waals surface area contributed by atoms with Crippen LogP contribution in [0.1, 0.15) is 31.4 Å². The lowest BCUT2D eigenvalue weighted by Gasteiger charge is -2.14. The lowest BCUT2D eigenvalue weighted by Crippen LogP contribution is -2.35. The number of benzene rings is 1. The number of anilines is 1. The molecule has 1 rings (SSSR count). The van der Waals surface area contributed by atoms with Gasteiger partial charge in [0.15, 0.2) is 6.61 Å². The van der Waals surface area contributed by atoms with E-state index in [9.17, 15) is 4.79 Å². The molecule has 0 aliphatic rings. The smallest absolute Gasteiger partial charge is 0.258 e. The molecule has 0 aliphatic heterocycles. The summed E-state index contributed by atoms with van der Waals surface area (Å²) >= 11 is 0. The molecule has 1 atom stereocenters. The van der Waals surface area contributed by atoms with Gasteiger partial charge in [-0.25, -0.2) is 0 Å². The number of hydrogen-bond acceptors (Lipinski definition) is 3. The van der Waals surface area contributed by atoms with Crippen LogP contribution in [0.5, 0.6) is 5.75 Å². The van der Waals surface area contributed by atoms with Crippen LogP contribution >= 0.6 is 0 Å². The van der Waals surface area contributed by atoms with E-state index >= 15 is 0 Å². The molecule has 4 heteroatoms. The number of nitrogens with one attached hydrogen (secondary N) is 1. The first kappa shape index (κ1) is 14.4. The van der Waals surface area contributed by atoms with Crippen molar-refractivity contribution in [1.82, 2.24) is 5.32 Å². The van der Waals surface area contributed by atoms with E-state index in [4.69, 9.17) is 10.5 Å². The number of ether oxygens (including phenoxy) is 1. The molecule has 100 valence electrons. The fraction of sp³-hybridized carbons (Fsp3) is 0.500. The SMILES string of the molecule is CCC(C)NC(=O)COc1cc(C)c(N)cc1C. The Balaban J connectivity index is 2.58. The first-order valence-corrected chi connectivity index (χ1v) is 6.23. The van der Waals surface area contributed by atoms with E-state index in [2.05, 4.69) is 5.32 Å². The van der Waals surface area contributed by atoms with Crippen LogP contribution in [0.4, 0.5) is 5.69 Å². The van der Waals surface area contributed by atoms with Crippen LogP contribution in [0, 0.1) is 13.8 Å². The molecule has 0 spiro atoms. The number of carbonyl (C=O) groups is 1. The van der Waals surface area contributed by atoms with Gasteiger partial charge < -0.3 is 15.8 Å². The predicted molar refractivity (Wildman–Crippen MR) is 73.7 cm³/mol. The van der Waals surface area contributed by atoms with E-state index in [0.29, 0.717) is 5.75 Å². The molecule has 0 aliphatic carbocycles. The maximum Gasteiger partial charge on any atom is 0.258 e. The summed E-state index contributed by atoms with van der Waals surface area (Å²) in [6, 6.07) is 3.90. The first-order valence-electron chi connectivity index (χ1n) is 6.23. The van der Waals surface area contributed by atoms with Crippen LogP contribution < -0.4 is 15.8 Å². The van der Waals surface area contributed by atoms with Crippen molar-refractivity contribution >= 4 is 11.6 Å². The zero-order chi connectivity index (χ0) is 13.7. The molecule has 0 saturated heterocycles. The van der Waals surface area contributed by atoms with Crippen LogP contribution in [-0.2, 0) is 4.79 Å². The lowest BCUT2D eigenvalue weighted by atomic mass is 10.1. The first-order chi connectivity index (χ1) is 8.43. The van der Waals surface area contributed by atoms with E-state index in [1.54, 1.807) is 0 Å². The normalized spacial score (nSPS) is 12.0. The molecule has 1 aromatic rings. The second-order valence-electron chi connectivity index (χ2n) is 4.64. The zero-order valence-corrected chi connectivity index (χ0v) is 11.5. The molecule has 1 amide bonds. The van der Waals surface area contributed by atoms with Crippen LogP contribution in [0.15, 0.2) is 12.1 Å². The van der Waals surface area contributed by atoms with E-state index in [1.807, 2.05) is 39.8 Å². The van der Waals surface area contributed by atoms with Crippen LogP contribution in [0.2, 0.25) is 0 Å². The standard InChI is InChI=1S/C14H22N2O2/c1-5-11(4)16-14(17)8-18-13-7-9(2)12(15)6-10(13)3/h6-7,11H,5,8,15H2,1-4H3,(H,16,17). The van der Waals surface area contributed by atoms with Gasteiger partial charge in [-0.15, -0.1) is 0 Å². The monoisotopic (exact) mass is 250 g/mol. The average Bonchev–Trinajstić information content (AvgIpc) is 2.32. The van der Waals surface area contributed by atoms with Gasteiger partial charge in [0, 0.05) is 11.7 Å². The highest BCUT2D eigenvalue weighted by Gasteiger charge is 2.08. The van der Waals surface area contributed by atoms with Gasteiger partial charge in [-0.3, -0.25) is 4.79 Å². The minimum absolute atomic E-state index is 0.0362. The Morgan fingerprint density at radius 2 is 2.06 bits per heavy atom. The lowest BCUT2D eigenvalue weighted by molar-refractivity contribution is -0.123. The summed E-state index contributed by atoms with van der Waals surface area (Å²) in [5.41, 5.74) is 8.43. The molecule has 0 saturated carbocycles. The maximum absolute atomic E-state index is 11.6. The Morgan fingerprint density at radius 3 is 2.67 bits per heavy atom. The van der Waals surface area contributed by atoms with Gasteiger partial charge >= 0.3 is 0 Å². The Morgan fingerprint density at radius 1 is 1.39 bits per heavy atom. The molecule has 1 aromatic carbocycles. The Bertz CT molecular complexity index is 430. The van der Waals surface area contributed by atoms with Crippen molar-refractivity contribution in [2.75, 3.05) is 12.3 Å². The number of rotatable bonds is 5. The fourth-order valence-corrected chi connectivity index (χ4v) is 1.53. The molecule has 0 aromatic heterocycles. The molecule has 0 fully saturated rings. The third-order valence-electron chi connectivity index (χ3n) is 2.94. The van der Waals surface area contributed by atoms with Crippen LogP contribution in [0.25, 0.3) is 0 Å². The van der Waals surface area contributed by atoms with Gasteiger partial charge in [0.05, 0.1) is 0 Å². The molecule has 4 nitrogen and oxygen atoms in total. The molecule has 1 unspecified atom stereocenters. The molecular weight excluding hydrogens is 228 g/mol. The van der Waals surface area contributed by atoms with Gasteiger partial charge in [0.2, 0.25) is 0 Å². The quantitative estimate of drug-likeness (QED) is 0.787. The van der Waals surface area contributed by atoms with Crippen LogP contribution in [0.3, 0.4) is 0 Å². The number of amides is 1.